The smallest absolute Gasteiger partial charge is 0.222 e. The number of H-pyrrole nitrogens is 1. The second-order valence-electron chi connectivity index (χ2n) is 10.5. The Morgan fingerprint density at radius 2 is 1.92 bits per heavy atom. The number of amides is 1. The number of benzene rings is 1. The monoisotopic (exact) mass is 508 g/mol. The second-order valence-corrected chi connectivity index (χ2v) is 10.5. The Balaban J connectivity index is 1.02. The minimum atomic E-state index is 0.278. The van der Waals surface area contributed by atoms with E-state index in [1.54, 1.807) is 18.3 Å². The number of aromatic amines is 1. The van der Waals surface area contributed by atoms with Gasteiger partial charge in [-0.05, 0) is 61.9 Å². The molecule has 0 bridgehead atoms. The Kier molecular flexibility index (Phi) is 6.82. The van der Waals surface area contributed by atoms with Crippen LogP contribution in [0.1, 0.15) is 37.7 Å². The number of hydrogen-bond donors (Lipinski definition) is 1. The first-order valence-corrected chi connectivity index (χ1v) is 13.5. The molecule has 4 aromatic rings. The predicted octanol–water partition coefficient (Wildman–Crippen LogP) is 4.91. The largest absolute Gasteiger partial charge is 0.493 e. The molecule has 1 unspecified atom stereocenters. The normalized spacial score (nSPS) is 18.6. The Morgan fingerprint density at radius 1 is 1.08 bits per heavy atom. The molecule has 3 aromatic heterocycles. The fourth-order valence-electron chi connectivity index (χ4n) is 5.90. The van der Waals surface area contributed by atoms with E-state index in [1.807, 2.05) is 29.3 Å². The number of pyridine rings is 2. The molecule has 8 heteroatoms. The summed E-state index contributed by atoms with van der Waals surface area (Å²) in [5, 5.41) is 11.2. The molecule has 1 aromatic carbocycles. The Morgan fingerprint density at radius 3 is 2.74 bits per heavy atom. The van der Waals surface area contributed by atoms with E-state index in [4.69, 9.17) is 10.00 Å². The van der Waals surface area contributed by atoms with Gasteiger partial charge < -0.3 is 19.5 Å². The number of piperidine rings is 2. The summed E-state index contributed by atoms with van der Waals surface area (Å²) in [6.07, 6.45) is 10.4. The molecule has 2 aliphatic rings. The predicted molar refractivity (Wildman–Crippen MR) is 147 cm³/mol. The van der Waals surface area contributed by atoms with Crippen molar-refractivity contribution in [2.75, 3.05) is 37.7 Å². The summed E-state index contributed by atoms with van der Waals surface area (Å²) in [4.78, 5) is 30.0. The van der Waals surface area contributed by atoms with Gasteiger partial charge in [0.15, 0.2) is 0 Å². The van der Waals surface area contributed by atoms with Crippen LogP contribution >= 0.6 is 0 Å². The Hall–Kier alpha value is -4.12. The average Bonchev–Trinajstić information content (AvgIpc) is 3.42. The number of nitrogens with zero attached hydrogens (tertiary/aromatic N) is 5. The third-order valence-electron chi connectivity index (χ3n) is 8.02. The maximum Gasteiger partial charge on any atom is 0.222 e. The quantitative estimate of drug-likeness (QED) is 0.398. The van der Waals surface area contributed by atoms with Crippen molar-refractivity contribution in [2.24, 2.45) is 11.8 Å². The van der Waals surface area contributed by atoms with Crippen LogP contribution in [-0.2, 0) is 4.79 Å². The molecular formula is C30H32N6O2. The van der Waals surface area contributed by atoms with Crippen LogP contribution in [0.3, 0.4) is 0 Å². The molecule has 2 fully saturated rings. The summed E-state index contributed by atoms with van der Waals surface area (Å²) in [5.41, 5.74) is 3.60. The number of anilines is 1. The Bertz CT molecular complexity index is 1470. The lowest BCUT2D eigenvalue weighted by Crippen LogP contribution is -2.43. The third kappa shape index (κ3) is 5.01. The number of fused-ring (bicyclic) bond motifs is 3. The summed E-state index contributed by atoms with van der Waals surface area (Å²) in [7, 11) is 0. The lowest BCUT2D eigenvalue weighted by molar-refractivity contribution is -0.134. The first kappa shape index (κ1) is 24.2. The van der Waals surface area contributed by atoms with Crippen LogP contribution in [0.25, 0.3) is 21.9 Å². The molecule has 38 heavy (non-hydrogen) atoms. The highest BCUT2D eigenvalue weighted by Crippen LogP contribution is 2.34. The summed E-state index contributed by atoms with van der Waals surface area (Å²) in [6.45, 7) is 4.06. The van der Waals surface area contributed by atoms with Crippen molar-refractivity contribution >= 4 is 33.5 Å². The number of hydrogen-bond acceptors (Lipinski definition) is 6. The summed E-state index contributed by atoms with van der Waals surface area (Å²) >= 11 is 0. The highest BCUT2D eigenvalue weighted by Gasteiger charge is 2.28. The SMILES string of the molecule is N#Cc1ccc(OCC2CCCN(C(=O)CC3CCN(c4c[nH]c5ncc6ncccc6c45)CC3)C2)cc1. The molecule has 1 atom stereocenters. The molecule has 0 radical (unpaired) electrons. The van der Waals surface area contributed by atoms with E-state index in [9.17, 15) is 4.79 Å². The molecule has 0 saturated carbocycles. The van der Waals surface area contributed by atoms with Crippen molar-refractivity contribution < 1.29 is 9.53 Å². The highest BCUT2D eigenvalue weighted by atomic mass is 16.5. The van der Waals surface area contributed by atoms with Gasteiger partial charge >= 0.3 is 0 Å². The van der Waals surface area contributed by atoms with Crippen molar-refractivity contribution in [1.29, 1.82) is 5.26 Å². The fourth-order valence-corrected chi connectivity index (χ4v) is 5.90. The van der Waals surface area contributed by atoms with Crippen molar-refractivity contribution in [2.45, 2.75) is 32.1 Å². The minimum Gasteiger partial charge on any atom is -0.493 e. The zero-order chi connectivity index (χ0) is 25.9. The molecule has 0 aliphatic carbocycles. The van der Waals surface area contributed by atoms with Gasteiger partial charge in [-0.25, -0.2) is 4.98 Å². The van der Waals surface area contributed by atoms with E-state index in [0.717, 1.165) is 79.5 Å². The van der Waals surface area contributed by atoms with Gasteiger partial charge in [-0.1, -0.05) is 6.07 Å². The van der Waals surface area contributed by atoms with Crippen LogP contribution in [-0.4, -0.2) is 58.5 Å². The number of aromatic nitrogens is 3. The zero-order valence-corrected chi connectivity index (χ0v) is 21.5. The van der Waals surface area contributed by atoms with Gasteiger partial charge in [-0.3, -0.25) is 9.78 Å². The maximum atomic E-state index is 13.2. The van der Waals surface area contributed by atoms with Gasteiger partial charge in [0, 0.05) is 56.3 Å². The van der Waals surface area contributed by atoms with E-state index in [-0.39, 0.29) is 5.91 Å². The van der Waals surface area contributed by atoms with Crippen LogP contribution in [0.5, 0.6) is 5.75 Å². The van der Waals surface area contributed by atoms with Crippen LogP contribution in [0, 0.1) is 23.2 Å². The molecule has 194 valence electrons. The first-order valence-electron chi connectivity index (χ1n) is 13.5. The maximum absolute atomic E-state index is 13.2. The number of nitriles is 1. The number of likely N-dealkylation sites (tertiary alicyclic amines) is 1. The number of nitrogens with one attached hydrogen (secondary N) is 1. The van der Waals surface area contributed by atoms with Gasteiger partial charge in [0.25, 0.3) is 0 Å². The molecular weight excluding hydrogens is 476 g/mol. The molecule has 6 rings (SSSR count). The van der Waals surface area contributed by atoms with E-state index in [1.165, 1.54) is 5.69 Å². The highest BCUT2D eigenvalue weighted by molar-refractivity contribution is 6.10. The molecule has 2 aliphatic heterocycles. The number of carbonyl (C=O) groups is 1. The molecule has 1 N–H and O–H groups in total. The average molecular weight is 509 g/mol. The van der Waals surface area contributed by atoms with Gasteiger partial charge in [-0.15, -0.1) is 0 Å². The zero-order valence-electron chi connectivity index (χ0n) is 21.5. The number of rotatable bonds is 6. The van der Waals surface area contributed by atoms with E-state index in [0.29, 0.717) is 30.4 Å². The lowest BCUT2D eigenvalue weighted by Gasteiger charge is -2.36. The second kappa shape index (κ2) is 10.7. The standard InChI is InChI=1S/C30H32N6O2/c31-16-22-5-7-24(8-6-22)38-20-23-3-2-12-36(19-23)28(37)15-21-9-13-35(14-10-21)27-18-34-30-29(27)25-4-1-11-32-26(25)17-33-30/h1,4-8,11,17-18,21,23H,2-3,9-10,12-15,19-20H2,(H,33,34). The molecule has 5 heterocycles. The lowest BCUT2D eigenvalue weighted by atomic mass is 9.91. The molecule has 1 amide bonds. The van der Waals surface area contributed by atoms with E-state index < -0.39 is 0 Å². The molecule has 8 nitrogen and oxygen atoms in total. The van der Waals surface area contributed by atoms with Crippen LogP contribution in [0.4, 0.5) is 5.69 Å². The van der Waals surface area contributed by atoms with Crippen LogP contribution < -0.4 is 9.64 Å². The number of carbonyl (C=O) groups excluding carboxylic acids is 1. The van der Waals surface area contributed by atoms with Crippen molar-refractivity contribution in [1.82, 2.24) is 19.9 Å². The summed E-state index contributed by atoms with van der Waals surface area (Å²) in [6, 6.07) is 13.4. The van der Waals surface area contributed by atoms with Gasteiger partial charge in [0.2, 0.25) is 5.91 Å². The first-order chi connectivity index (χ1) is 18.7. The minimum absolute atomic E-state index is 0.278. The molecule has 2 saturated heterocycles. The molecule has 0 spiro atoms. The summed E-state index contributed by atoms with van der Waals surface area (Å²) < 4.78 is 5.96. The topological polar surface area (TPSA) is 98.1 Å². The van der Waals surface area contributed by atoms with Crippen LogP contribution in [0.2, 0.25) is 0 Å². The van der Waals surface area contributed by atoms with Crippen molar-refractivity contribution in [3.8, 4) is 11.8 Å². The number of ether oxygens (including phenoxy) is 1. The van der Waals surface area contributed by atoms with Gasteiger partial charge in [0.1, 0.15) is 11.4 Å². The van der Waals surface area contributed by atoms with Gasteiger partial charge in [-0.2, -0.15) is 5.26 Å². The van der Waals surface area contributed by atoms with E-state index in [2.05, 4.69) is 38.2 Å². The van der Waals surface area contributed by atoms with Gasteiger partial charge in [0.05, 0.1) is 41.0 Å². The Labute approximate surface area is 222 Å². The van der Waals surface area contributed by atoms with Crippen molar-refractivity contribution in [3.63, 3.8) is 0 Å². The summed E-state index contributed by atoms with van der Waals surface area (Å²) in [5.74, 6) is 1.80. The van der Waals surface area contributed by atoms with Crippen LogP contribution in [0.15, 0.2) is 55.0 Å². The third-order valence-corrected chi connectivity index (χ3v) is 8.02. The van der Waals surface area contributed by atoms with Crippen molar-refractivity contribution in [3.05, 3.63) is 60.6 Å². The fraction of sp³-hybridized carbons (Fsp3) is 0.400. The van der Waals surface area contributed by atoms with E-state index >= 15 is 0 Å².